The lowest BCUT2D eigenvalue weighted by Gasteiger charge is -2.31. The number of amides is 2. The van der Waals surface area contributed by atoms with E-state index >= 15 is 0 Å². The number of nitrogens with one attached hydrogen (secondary N) is 1. The topological polar surface area (TPSA) is 52.7 Å². The van der Waals surface area contributed by atoms with Gasteiger partial charge in [0.1, 0.15) is 0 Å². The zero-order chi connectivity index (χ0) is 10.7. The van der Waals surface area contributed by atoms with E-state index in [4.69, 9.17) is 0 Å². The quantitative estimate of drug-likeness (QED) is 0.586. The van der Waals surface area contributed by atoms with Gasteiger partial charge in [-0.05, 0) is 21.0 Å². The molecule has 0 aliphatic carbocycles. The molecule has 1 unspecified atom stereocenters. The van der Waals surface area contributed by atoms with E-state index in [0.29, 0.717) is 19.6 Å². The lowest BCUT2D eigenvalue weighted by Crippen LogP contribution is -2.55. The number of likely N-dealkylation sites (N-methyl/N-ethyl adjacent to an activating group) is 2. The van der Waals surface area contributed by atoms with Gasteiger partial charge in [0.05, 0.1) is 13.1 Å². The summed E-state index contributed by atoms with van der Waals surface area (Å²) in [6.07, 6.45) is 0. The lowest BCUT2D eigenvalue weighted by molar-refractivity contribution is -0.150. The molecule has 0 saturated carbocycles. The number of rotatable bonds is 3. The molecule has 1 heterocycles. The van der Waals surface area contributed by atoms with Gasteiger partial charge in [0.25, 0.3) is 0 Å². The first-order valence-electron chi connectivity index (χ1n) is 4.73. The van der Waals surface area contributed by atoms with Crippen molar-refractivity contribution in [3.63, 3.8) is 0 Å². The number of nitrogens with zero attached hydrogens (tertiary/aromatic N) is 2. The van der Waals surface area contributed by atoms with Gasteiger partial charge in [-0.15, -0.1) is 0 Å². The Morgan fingerprint density at radius 1 is 1.36 bits per heavy atom. The highest BCUT2D eigenvalue weighted by atomic mass is 16.2. The molecule has 0 aromatic rings. The van der Waals surface area contributed by atoms with Crippen LogP contribution in [0.3, 0.4) is 0 Å². The van der Waals surface area contributed by atoms with Crippen molar-refractivity contribution in [1.29, 1.82) is 0 Å². The molecular formula is C9H17N3O2. The molecule has 5 nitrogen and oxygen atoms in total. The number of hydrogen-bond acceptors (Lipinski definition) is 4. The molecule has 0 bridgehead atoms. The minimum Gasteiger partial charge on any atom is -0.315 e. The Bertz CT molecular complexity index is 224. The molecule has 0 spiro atoms. The fourth-order valence-electron chi connectivity index (χ4n) is 1.40. The molecule has 1 fully saturated rings. The van der Waals surface area contributed by atoms with E-state index in [1.807, 2.05) is 14.0 Å². The Hall–Kier alpha value is -0.940. The maximum absolute atomic E-state index is 11.5. The largest absolute Gasteiger partial charge is 0.315 e. The molecule has 0 aromatic heterocycles. The van der Waals surface area contributed by atoms with Crippen molar-refractivity contribution >= 4 is 11.8 Å². The average molecular weight is 199 g/mol. The first-order chi connectivity index (χ1) is 6.54. The minimum absolute atomic E-state index is 0.106. The molecule has 0 aromatic carbocycles. The third kappa shape index (κ3) is 2.52. The van der Waals surface area contributed by atoms with Gasteiger partial charge < -0.3 is 5.32 Å². The molecule has 1 rings (SSSR count). The van der Waals surface area contributed by atoms with Crippen LogP contribution in [0.1, 0.15) is 6.92 Å². The normalized spacial score (nSPS) is 21.5. The average Bonchev–Trinajstić information content (AvgIpc) is 2.10. The summed E-state index contributed by atoms with van der Waals surface area (Å²) in [5, 5.41) is 3.00. The van der Waals surface area contributed by atoms with Gasteiger partial charge in [-0.3, -0.25) is 19.4 Å². The van der Waals surface area contributed by atoms with Crippen molar-refractivity contribution in [1.82, 2.24) is 15.1 Å². The van der Waals surface area contributed by atoms with E-state index in [1.54, 1.807) is 11.9 Å². The molecular weight excluding hydrogens is 182 g/mol. The maximum Gasteiger partial charge on any atom is 0.243 e. The van der Waals surface area contributed by atoms with Crippen LogP contribution in [0.15, 0.2) is 0 Å². The minimum atomic E-state index is -0.106. The molecule has 2 amide bonds. The Morgan fingerprint density at radius 2 is 1.86 bits per heavy atom. The second-order valence-corrected chi connectivity index (χ2v) is 3.76. The number of carbonyl (C=O) groups excluding carboxylic acids is 2. The summed E-state index contributed by atoms with van der Waals surface area (Å²) in [4.78, 5) is 26.1. The third-order valence-electron chi connectivity index (χ3n) is 2.36. The van der Waals surface area contributed by atoms with Gasteiger partial charge in [0.2, 0.25) is 11.8 Å². The van der Waals surface area contributed by atoms with Crippen LogP contribution in [0, 0.1) is 0 Å². The van der Waals surface area contributed by atoms with Crippen molar-refractivity contribution in [2.45, 2.75) is 13.0 Å². The van der Waals surface area contributed by atoms with Crippen molar-refractivity contribution in [2.24, 2.45) is 0 Å². The molecule has 1 atom stereocenters. The van der Waals surface area contributed by atoms with Crippen LogP contribution in [0.2, 0.25) is 0 Å². The van der Waals surface area contributed by atoms with Crippen molar-refractivity contribution < 1.29 is 9.59 Å². The van der Waals surface area contributed by atoms with Gasteiger partial charge in [-0.25, -0.2) is 0 Å². The van der Waals surface area contributed by atoms with Gasteiger partial charge in [0.15, 0.2) is 0 Å². The fourth-order valence-corrected chi connectivity index (χ4v) is 1.40. The standard InChI is InChI=1S/C9H17N3O2/c1-7(10-2)4-12-8(13)5-11(3)6-9(12)14/h7,10H,4-6H2,1-3H3. The monoisotopic (exact) mass is 199 g/mol. The second-order valence-electron chi connectivity index (χ2n) is 3.76. The summed E-state index contributed by atoms with van der Waals surface area (Å²) < 4.78 is 0. The smallest absolute Gasteiger partial charge is 0.243 e. The Labute approximate surface area is 84.0 Å². The highest BCUT2D eigenvalue weighted by Gasteiger charge is 2.29. The van der Waals surface area contributed by atoms with E-state index in [9.17, 15) is 9.59 Å². The van der Waals surface area contributed by atoms with Crippen LogP contribution in [0.25, 0.3) is 0 Å². The number of carbonyl (C=O) groups is 2. The molecule has 1 aliphatic heterocycles. The van der Waals surface area contributed by atoms with E-state index < -0.39 is 0 Å². The number of hydrogen-bond donors (Lipinski definition) is 1. The van der Waals surface area contributed by atoms with Crippen LogP contribution in [-0.2, 0) is 9.59 Å². The van der Waals surface area contributed by atoms with E-state index in [0.717, 1.165) is 0 Å². The third-order valence-corrected chi connectivity index (χ3v) is 2.36. The zero-order valence-electron chi connectivity index (χ0n) is 8.91. The summed E-state index contributed by atoms with van der Waals surface area (Å²) in [7, 11) is 3.59. The second kappa shape index (κ2) is 4.52. The van der Waals surface area contributed by atoms with E-state index in [-0.39, 0.29) is 17.9 Å². The molecule has 1 N–H and O–H groups in total. The van der Waals surface area contributed by atoms with E-state index in [1.165, 1.54) is 4.90 Å². The van der Waals surface area contributed by atoms with Crippen LogP contribution in [0.4, 0.5) is 0 Å². The maximum atomic E-state index is 11.5. The molecule has 0 radical (unpaired) electrons. The highest BCUT2D eigenvalue weighted by molar-refractivity contribution is 5.99. The van der Waals surface area contributed by atoms with E-state index in [2.05, 4.69) is 5.32 Å². The zero-order valence-corrected chi connectivity index (χ0v) is 8.91. The summed E-state index contributed by atoms with van der Waals surface area (Å²) in [6, 6.07) is 0.145. The molecule has 1 aliphatic rings. The summed E-state index contributed by atoms with van der Waals surface area (Å²) in [5.74, 6) is -0.211. The van der Waals surface area contributed by atoms with Gasteiger partial charge in [0, 0.05) is 12.6 Å². The first-order valence-corrected chi connectivity index (χ1v) is 4.73. The summed E-state index contributed by atoms with van der Waals surface area (Å²) in [5.41, 5.74) is 0. The molecule has 14 heavy (non-hydrogen) atoms. The Balaban J connectivity index is 2.59. The van der Waals surface area contributed by atoms with Crippen molar-refractivity contribution in [3.8, 4) is 0 Å². The lowest BCUT2D eigenvalue weighted by atomic mass is 10.2. The number of imide groups is 1. The number of piperazine rings is 1. The van der Waals surface area contributed by atoms with Crippen molar-refractivity contribution in [2.75, 3.05) is 33.7 Å². The molecule has 5 heteroatoms. The SMILES string of the molecule is CNC(C)CN1C(=O)CN(C)CC1=O. The predicted octanol–water partition coefficient (Wildman–Crippen LogP) is -1.11. The summed E-state index contributed by atoms with van der Waals surface area (Å²) >= 11 is 0. The highest BCUT2D eigenvalue weighted by Crippen LogP contribution is 2.03. The Morgan fingerprint density at radius 3 is 2.29 bits per heavy atom. The van der Waals surface area contributed by atoms with Gasteiger partial charge >= 0.3 is 0 Å². The van der Waals surface area contributed by atoms with Gasteiger partial charge in [-0.2, -0.15) is 0 Å². The van der Waals surface area contributed by atoms with Crippen LogP contribution in [-0.4, -0.2) is 61.4 Å². The first kappa shape index (κ1) is 11.1. The van der Waals surface area contributed by atoms with Crippen molar-refractivity contribution in [3.05, 3.63) is 0 Å². The van der Waals surface area contributed by atoms with Gasteiger partial charge in [-0.1, -0.05) is 0 Å². The fraction of sp³-hybridized carbons (Fsp3) is 0.778. The molecule has 80 valence electrons. The van der Waals surface area contributed by atoms with Crippen LogP contribution in [0.5, 0.6) is 0 Å². The molecule has 1 saturated heterocycles. The summed E-state index contributed by atoms with van der Waals surface area (Å²) in [6.45, 7) is 3.07. The van der Waals surface area contributed by atoms with Crippen LogP contribution >= 0.6 is 0 Å². The predicted molar refractivity (Wildman–Crippen MR) is 52.7 cm³/mol. The Kier molecular flexibility index (Phi) is 3.60. The van der Waals surface area contributed by atoms with Crippen LogP contribution < -0.4 is 5.32 Å².